The fraction of sp³-hybridized carbons (Fsp3) is 0. The fourth-order valence-electron chi connectivity index (χ4n) is 1.17. The zero-order chi connectivity index (χ0) is 12.3. The zero-order valence-corrected chi connectivity index (χ0v) is 10.9. The van der Waals surface area contributed by atoms with E-state index in [1.54, 1.807) is 30.3 Å². The third-order valence-electron chi connectivity index (χ3n) is 1.97. The van der Waals surface area contributed by atoms with Crippen LogP contribution in [0, 0.1) is 11.3 Å². The van der Waals surface area contributed by atoms with E-state index in [4.69, 9.17) is 28.5 Å². The van der Waals surface area contributed by atoms with E-state index in [2.05, 4.69) is 4.98 Å². The van der Waals surface area contributed by atoms with Crippen molar-refractivity contribution in [1.82, 2.24) is 4.98 Å². The molecule has 0 N–H and O–H groups in total. The number of hydrogen-bond donors (Lipinski definition) is 0. The Hall–Kier alpha value is -1.21. The molecule has 5 heteroatoms. The molecule has 0 amide bonds. The van der Waals surface area contributed by atoms with Gasteiger partial charge in [0.15, 0.2) is 0 Å². The monoisotopic (exact) mass is 280 g/mol. The first-order valence-electron chi connectivity index (χ1n) is 4.68. The van der Waals surface area contributed by atoms with E-state index >= 15 is 0 Å². The molecule has 2 nitrogen and oxygen atoms in total. The van der Waals surface area contributed by atoms with E-state index in [1.807, 2.05) is 6.07 Å². The number of nitriles is 1. The van der Waals surface area contributed by atoms with Crippen molar-refractivity contribution in [3.8, 4) is 6.07 Å². The Bertz CT molecular complexity index is 576. The smallest absolute Gasteiger partial charge is 0.101 e. The molecule has 0 bridgehead atoms. The van der Waals surface area contributed by atoms with Gasteiger partial charge in [-0.3, -0.25) is 0 Å². The van der Waals surface area contributed by atoms with Crippen molar-refractivity contribution in [1.29, 1.82) is 5.26 Å². The molecule has 1 aromatic carbocycles. The minimum Gasteiger partial charge on any atom is -0.248 e. The van der Waals surface area contributed by atoms with Crippen LogP contribution < -0.4 is 0 Å². The number of benzene rings is 1. The Balaban J connectivity index is 2.25. The molecule has 0 fully saturated rings. The van der Waals surface area contributed by atoms with Gasteiger partial charge in [0.1, 0.15) is 11.1 Å². The summed E-state index contributed by atoms with van der Waals surface area (Å²) in [5, 5.41) is 10.7. The Morgan fingerprint density at radius 2 is 2.00 bits per heavy atom. The van der Waals surface area contributed by atoms with Crippen LogP contribution in [-0.2, 0) is 0 Å². The van der Waals surface area contributed by atoms with Gasteiger partial charge in [0, 0.05) is 16.1 Å². The lowest BCUT2D eigenvalue weighted by Gasteiger charge is -2.03. The predicted octanol–water partition coefficient (Wildman–Crippen LogP) is 4.41. The molecule has 0 aliphatic rings. The first kappa shape index (κ1) is 12.3. The maximum absolute atomic E-state index is 8.66. The SMILES string of the molecule is N#Cc1ccc(Sc2cc(Cl)ccc2Cl)nc1. The Kier molecular flexibility index (Phi) is 3.90. The molecule has 0 saturated carbocycles. The average molecular weight is 281 g/mol. The highest BCUT2D eigenvalue weighted by molar-refractivity contribution is 7.99. The van der Waals surface area contributed by atoms with Crippen molar-refractivity contribution in [2.24, 2.45) is 0 Å². The third-order valence-corrected chi connectivity index (χ3v) is 3.66. The third kappa shape index (κ3) is 3.13. The lowest BCUT2D eigenvalue weighted by atomic mass is 10.3. The van der Waals surface area contributed by atoms with Crippen LogP contribution in [0.15, 0.2) is 46.5 Å². The standard InChI is InChI=1S/C12H6Cl2N2S/c13-9-2-3-10(14)11(5-9)17-12-4-1-8(6-15)7-16-12/h1-5,7H. The Labute approximate surface area is 113 Å². The number of pyridine rings is 1. The topological polar surface area (TPSA) is 36.7 Å². The molecule has 17 heavy (non-hydrogen) atoms. The quantitative estimate of drug-likeness (QED) is 0.818. The Morgan fingerprint density at radius 3 is 2.65 bits per heavy atom. The summed E-state index contributed by atoms with van der Waals surface area (Å²) in [5.74, 6) is 0. The summed E-state index contributed by atoms with van der Waals surface area (Å²) in [6.45, 7) is 0. The molecule has 0 aliphatic heterocycles. The highest BCUT2D eigenvalue weighted by Crippen LogP contribution is 2.33. The second-order valence-electron chi connectivity index (χ2n) is 3.17. The highest BCUT2D eigenvalue weighted by atomic mass is 35.5. The van der Waals surface area contributed by atoms with Crippen LogP contribution in [0.25, 0.3) is 0 Å². The van der Waals surface area contributed by atoms with E-state index < -0.39 is 0 Å². The second kappa shape index (κ2) is 5.42. The van der Waals surface area contributed by atoms with Gasteiger partial charge in [0.2, 0.25) is 0 Å². The number of halogens is 2. The van der Waals surface area contributed by atoms with Crippen molar-refractivity contribution in [3.05, 3.63) is 52.1 Å². The van der Waals surface area contributed by atoms with Crippen LogP contribution in [0.5, 0.6) is 0 Å². The summed E-state index contributed by atoms with van der Waals surface area (Å²) in [4.78, 5) is 5.00. The summed E-state index contributed by atoms with van der Waals surface area (Å²) < 4.78 is 0. The molecule has 2 aromatic rings. The molecule has 1 heterocycles. The van der Waals surface area contributed by atoms with Crippen LogP contribution in [0.3, 0.4) is 0 Å². The number of aromatic nitrogens is 1. The van der Waals surface area contributed by atoms with Crippen LogP contribution in [0.1, 0.15) is 5.56 Å². The van der Waals surface area contributed by atoms with Gasteiger partial charge in [-0.05, 0) is 30.3 Å². The van der Waals surface area contributed by atoms with Gasteiger partial charge in [0.05, 0.1) is 10.6 Å². The van der Waals surface area contributed by atoms with Crippen molar-refractivity contribution in [3.63, 3.8) is 0 Å². The van der Waals surface area contributed by atoms with E-state index in [1.165, 1.54) is 18.0 Å². The van der Waals surface area contributed by atoms with Gasteiger partial charge in [-0.15, -0.1) is 0 Å². The minimum absolute atomic E-state index is 0.534. The van der Waals surface area contributed by atoms with Crippen molar-refractivity contribution in [2.75, 3.05) is 0 Å². The first-order chi connectivity index (χ1) is 8.19. The van der Waals surface area contributed by atoms with Gasteiger partial charge in [-0.25, -0.2) is 4.98 Å². The highest BCUT2D eigenvalue weighted by Gasteiger charge is 2.04. The largest absolute Gasteiger partial charge is 0.248 e. The maximum atomic E-state index is 8.66. The lowest BCUT2D eigenvalue weighted by molar-refractivity contribution is 1.12. The first-order valence-corrected chi connectivity index (χ1v) is 6.25. The normalized spacial score (nSPS) is 9.94. The van der Waals surface area contributed by atoms with Crippen LogP contribution in [0.2, 0.25) is 10.0 Å². The molecule has 2 rings (SSSR count). The molecule has 0 unspecified atom stereocenters. The average Bonchev–Trinajstić information content (AvgIpc) is 2.35. The lowest BCUT2D eigenvalue weighted by Crippen LogP contribution is -1.82. The summed E-state index contributed by atoms with van der Waals surface area (Å²) >= 11 is 13.4. The van der Waals surface area contributed by atoms with Gasteiger partial charge in [-0.2, -0.15) is 5.26 Å². The number of hydrogen-bond acceptors (Lipinski definition) is 3. The molecular formula is C12H6Cl2N2S. The van der Waals surface area contributed by atoms with Crippen molar-refractivity contribution >= 4 is 35.0 Å². The molecule has 0 aliphatic carbocycles. The number of rotatable bonds is 2. The molecule has 0 saturated heterocycles. The second-order valence-corrected chi connectivity index (χ2v) is 5.08. The zero-order valence-electron chi connectivity index (χ0n) is 8.52. The summed E-state index contributed by atoms with van der Waals surface area (Å²) in [6.07, 6.45) is 1.53. The molecule has 0 radical (unpaired) electrons. The summed E-state index contributed by atoms with van der Waals surface area (Å²) in [5.41, 5.74) is 0.534. The van der Waals surface area contributed by atoms with Gasteiger partial charge in [-0.1, -0.05) is 35.0 Å². The molecule has 84 valence electrons. The Morgan fingerprint density at radius 1 is 1.18 bits per heavy atom. The summed E-state index contributed by atoms with van der Waals surface area (Å²) in [7, 11) is 0. The predicted molar refractivity (Wildman–Crippen MR) is 69.5 cm³/mol. The van der Waals surface area contributed by atoms with Gasteiger partial charge in [0.25, 0.3) is 0 Å². The molecule has 0 spiro atoms. The number of nitrogens with zero attached hydrogens (tertiary/aromatic N) is 2. The maximum Gasteiger partial charge on any atom is 0.101 e. The van der Waals surface area contributed by atoms with Crippen LogP contribution in [0.4, 0.5) is 0 Å². The molecular weight excluding hydrogens is 275 g/mol. The van der Waals surface area contributed by atoms with E-state index in [0.29, 0.717) is 15.6 Å². The van der Waals surface area contributed by atoms with Gasteiger partial charge >= 0.3 is 0 Å². The molecule has 0 atom stereocenters. The van der Waals surface area contributed by atoms with Gasteiger partial charge < -0.3 is 0 Å². The van der Waals surface area contributed by atoms with Crippen LogP contribution in [-0.4, -0.2) is 4.98 Å². The van der Waals surface area contributed by atoms with E-state index in [0.717, 1.165) is 9.92 Å². The summed E-state index contributed by atoms with van der Waals surface area (Å²) in [6, 6.07) is 10.8. The van der Waals surface area contributed by atoms with Crippen molar-refractivity contribution < 1.29 is 0 Å². The van der Waals surface area contributed by atoms with Crippen molar-refractivity contribution in [2.45, 2.75) is 9.92 Å². The molecule has 1 aromatic heterocycles. The fourth-order valence-corrected chi connectivity index (χ4v) is 2.46. The van der Waals surface area contributed by atoms with Crippen LogP contribution >= 0.6 is 35.0 Å². The van der Waals surface area contributed by atoms with E-state index in [-0.39, 0.29) is 0 Å². The van der Waals surface area contributed by atoms with E-state index in [9.17, 15) is 0 Å². The minimum atomic E-state index is 0.534.